The van der Waals surface area contributed by atoms with Crippen LogP contribution in [0.15, 0.2) is 36.5 Å². The third kappa shape index (κ3) is 2.80. The van der Waals surface area contributed by atoms with Crippen molar-refractivity contribution in [2.45, 2.75) is 64.6 Å². The second kappa shape index (κ2) is 6.49. The summed E-state index contributed by atoms with van der Waals surface area (Å²) in [7, 11) is 2.34. The molecule has 3 heteroatoms. The summed E-state index contributed by atoms with van der Waals surface area (Å²) in [4.78, 5) is 7.14. The Hall–Kier alpha value is -2.13. The summed E-state index contributed by atoms with van der Waals surface area (Å²) < 4.78 is 2.63. The highest BCUT2D eigenvalue weighted by Crippen LogP contribution is 2.45. The minimum atomic E-state index is 0.596. The van der Waals surface area contributed by atoms with Gasteiger partial charge in [-0.05, 0) is 75.9 Å². The van der Waals surface area contributed by atoms with Gasteiger partial charge >= 0.3 is 0 Å². The Morgan fingerprint density at radius 2 is 2.00 bits per heavy atom. The third-order valence-corrected chi connectivity index (χ3v) is 6.81. The van der Waals surface area contributed by atoms with Gasteiger partial charge in [-0.1, -0.05) is 17.7 Å². The SMILES string of the molecule is Cc1ccc2c(c1)c1c(n2CCc2ccc(C)nc2)C[C@H]2CCC[C@@H]1N2C. The van der Waals surface area contributed by atoms with Crippen LogP contribution in [-0.2, 0) is 19.4 Å². The molecule has 1 saturated heterocycles. The number of aromatic nitrogens is 2. The first kappa shape index (κ1) is 17.0. The lowest BCUT2D eigenvalue weighted by Gasteiger charge is -2.44. The third-order valence-electron chi connectivity index (χ3n) is 6.81. The number of hydrogen-bond donors (Lipinski definition) is 0. The van der Waals surface area contributed by atoms with Gasteiger partial charge in [0, 0.05) is 53.5 Å². The average molecular weight is 360 g/mol. The van der Waals surface area contributed by atoms with Crippen LogP contribution >= 0.6 is 0 Å². The molecule has 0 radical (unpaired) electrons. The monoisotopic (exact) mass is 359 g/mol. The molecule has 0 saturated carbocycles. The fourth-order valence-electron chi connectivity index (χ4n) is 5.31. The first-order valence-electron chi connectivity index (χ1n) is 10.4. The van der Waals surface area contributed by atoms with Gasteiger partial charge in [0.15, 0.2) is 0 Å². The number of likely N-dealkylation sites (N-methyl/N-ethyl adjacent to an activating group) is 1. The van der Waals surface area contributed by atoms with E-state index in [2.05, 4.69) is 65.7 Å². The zero-order valence-electron chi connectivity index (χ0n) is 16.7. The molecule has 0 aliphatic carbocycles. The van der Waals surface area contributed by atoms with Gasteiger partial charge in [0.2, 0.25) is 0 Å². The van der Waals surface area contributed by atoms with Gasteiger partial charge in [-0.3, -0.25) is 9.88 Å². The van der Waals surface area contributed by atoms with Gasteiger partial charge in [0.25, 0.3) is 0 Å². The number of fused-ring (bicyclic) bond motifs is 6. The van der Waals surface area contributed by atoms with Crippen molar-refractivity contribution in [3.05, 3.63) is 64.6 Å². The normalized spacial score (nSPS) is 22.2. The summed E-state index contributed by atoms with van der Waals surface area (Å²) in [5.41, 5.74) is 8.43. The van der Waals surface area contributed by atoms with Crippen LogP contribution in [-0.4, -0.2) is 27.5 Å². The van der Waals surface area contributed by atoms with Gasteiger partial charge in [0.1, 0.15) is 0 Å². The number of hydrogen-bond acceptors (Lipinski definition) is 2. The average Bonchev–Trinajstić information content (AvgIpc) is 2.93. The van der Waals surface area contributed by atoms with Gasteiger partial charge in [-0.25, -0.2) is 0 Å². The number of piperidine rings is 1. The maximum atomic E-state index is 4.48. The molecular weight excluding hydrogens is 330 g/mol. The second-order valence-corrected chi connectivity index (χ2v) is 8.56. The van der Waals surface area contributed by atoms with E-state index < -0.39 is 0 Å². The van der Waals surface area contributed by atoms with Crippen molar-refractivity contribution >= 4 is 10.9 Å². The first-order valence-corrected chi connectivity index (χ1v) is 10.4. The Bertz CT molecular complexity index is 983. The summed E-state index contributed by atoms with van der Waals surface area (Å²) >= 11 is 0. The van der Waals surface area contributed by atoms with Crippen LogP contribution in [0.25, 0.3) is 10.9 Å². The molecule has 0 unspecified atom stereocenters. The molecule has 5 rings (SSSR count). The lowest BCUT2D eigenvalue weighted by atomic mass is 9.82. The number of benzene rings is 1. The molecule has 0 spiro atoms. The van der Waals surface area contributed by atoms with Crippen LogP contribution < -0.4 is 0 Å². The van der Waals surface area contributed by atoms with E-state index in [9.17, 15) is 0 Å². The predicted octanol–water partition coefficient (Wildman–Crippen LogP) is 4.98. The quantitative estimate of drug-likeness (QED) is 0.658. The molecule has 2 aliphatic rings. The van der Waals surface area contributed by atoms with E-state index in [1.807, 2.05) is 6.20 Å². The van der Waals surface area contributed by atoms with Crippen molar-refractivity contribution < 1.29 is 0 Å². The molecule has 2 atom stereocenters. The van der Waals surface area contributed by atoms with E-state index in [0.717, 1.165) is 18.7 Å². The van der Waals surface area contributed by atoms with E-state index >= 15 is 0 Å². The molecule has 140 valence electrons. The zero-order chi connectivity index (χ0) is 18.5. The highest BCUT2D eigenvalue weighted by molar-refractivity contribution is 5.87. The molecule has 4 heterocycles. The van der Waals surface area contributed by atoms with Crippen molar-refractivity contribution in [3.63, 3.8) is 0 Å². The number of pyridine rings is 1. The zero-order valence-corrected chi connectivity index (χ0v) is 16.7. The molecule has 27 heavy (non-hydrogen) atoms. The molecule has 1 fully saturated rings. The first-order chi connectivity index (χ1) is 13.1. The van der Waals surface area contributed by atoms with E-state index in [4.69, 9.17) is 0 Å². The van der Waals surface area contributed by atoms with Gasteiger partial charge < -0.3 is 4.57 Å². The molecule has 2 aliphatic heterocycles. The molecule has 2 aromatic heterocycles. The topological polar surface area (TPSA) is 21.1 Å². The molecule has 0 N–H and O–H groups in total. The lowest BCUT2D eigenvalue weighted by Crippen LogP contribution is -2.44. The minimum absolute atomic E-state index is 0.596. The highest BCUT2D eigenvalue weighted by Gasteiger charge is 2.38. The lowest BCUT2D eigenvalue weighted by molar-refractivity contribution is 0.0988. The van der Waals surface area contributed by atoms with E-state index in [1.54, 1.807) is 11.3 Å². The molecular formula is C24H29N3. The second-order valence-electron chi connectivity index (χ2n) is 8.56. The largest absolute Gasteiger partial charge is 0.344 e. The van der Waals surface area contributed by atoms with Crippen molar-refractivity contribution in [2.75, 3.05) is 7.05 Å². The molecule has 0 amide bonds. The number of rotatable bonds is 3. The van der Waals surface area contributed by atoms with Crippen LogP contribution in [0.5, 0.6) is 0 Å². The van der Waals surface area contributed by atoms with Crippen LogP contribution in [0.1, 0.15) is 53.4 Å². The maximum absolute atomic E-state index is 4.48. The molecule has 3 aromatic rings. The van der Waals surface area contributed by atoms with Gasteiger partial charge in [-0.2, -0.15) is 0 Å². The molecule has 1 aromatic carbocycles. The summed E-state index contributed by atoms with van der Waals surface area (Å²) in [5, 5.41) is 1.49. The number of aryl methyl sites for hydroxylation is 4. The Morgan fingerprint density at radius 1 is 1.11 bits per heavy atom. The fourth-order valence-corrected chi connectivity index (χ4v) is 5.31. The van der Waals surface area contributed by atoms with E-state index in [0.29, 0.717) is 12.1 Å². The van der Waals surface area contributed by atoms with Crippen molar-refractivity contribution in [1.82, 2.24) is 14.5 Å². The summed E-state index contributed by atoms with van der Waals surface area (Å²) in [6.45, 7) is 5.32. The Balaban J connectivity index is 1.60. The molecule has 2 bridgehead atoms. The summed E-state index contributed by atoms with van der Waals surface area (Å²) in [6.07, 6.45) is 8.29. The Kier molecular flexibility index (Phi) is 4.08. The van der Waals surface area contributed by atoms with Crippen molar-refractivity contribution in [1.29, 1.82) is 0 Å². The summed E-state index contributed by atoms with van der Waals surface area (Å²) in [6, 6.07) is 12.7. The van der Waals surface area contributed by atoms with E-state index in [-0.39, 0.29) is 0 Å². The standard InChI is InChI=1S/C24H29N3/c1-16-7-10-21-20(13-16)24-22-6-4-5-19(26(22)3)14-23(24)27(21)12-11-18-9-8-17(2)25-15-18/h7-10,13,15,19,22H,4-6,11-12,14H2,1-3H3/t19-,22+/m1/s1. The van der Waals surface area contributed by atoms with Gasteiger partial charge in [0.05, 0.1) is 0 Å². The van der Waals surface area contributed by atoms with Crippen LogP contribution in [0, 0.1) is 13.8 Å². The van der Waals surface area contributed by atoms with Crippen LogP contribution in [0.2, 0.25) is 0 Å². The minimum Gasteiger partial charge on any atom is -0.344 e. The fraction of sp³-hybridized carbons (Fsp3) is 0.458. The molecule has 3 nitrogen and oxygen atoms in total. The van der Waals surface area contributed by atoms with Gasteiger partial charge in [-0.15, -0.1) is 0 Å². The van der Waals surface area contributed by atoms with Crippen molar-refractivity contribution in [3.8, 4) is 0 Å². The Labute approximate surface area is 162 Å². The van der Waals surface area contributed by atoms with Crippen LogP contribution in [0.3, 0.4) is 0 Å². The highest BCUT2D eigenvalue weighted by atomic mass is 15.2. The van der Waals surface area contributed by atoms with Crippen LogP contribution in [0.4, 0.5) is 0 Å². The van der Waals surface area contributed by atoms with E-state index in [1.165, 1.54) is 47.7 Å². The summed E-state index contributed by atoms with van der Waals surface area (Å²) in [5.74, 6) is 0. The predicted molar refractivity (Wildman–Crippen MR) is 111 cm³/mol. The smallest absolute Gasteiger partial charge is 0.0486 e. The maximum Gasteiger partial charge on any atom is 0.0486 e. The Morgan fingerprint density at radius 3 is 2.81 bits per heavy atom. The number of nitrogens with zero attached hydrogens (tertiary/aromatic N) is 3. The van der Waals surface area contributed by atoms with Crippen molar-refractivity contribution in [2.24, 2.45) is 0 Å².